The molecule has 11 rings (SSSR count). The van der Waals surface area contributed by atoms with E-state index in [1.54, 1.807) is 0 Å². The number of aromatic nitrogens is 2. The summed E-state index contributed by atoms with van der Waals surface area (Å²) in [5.74, 6) is 0.614. The summed E-state index contributed by atoms with van der Waals surface area (Å²) in [6.07, 6.45) is 0. The number of oxazole rings is 1. The van der Waals surface area contributed by atoms with Gasteiger partial charge in [0.15, 0.2) is 5.58 Å². The molecule has 8 aromatic carbocycles. The molecule has 0 aliphatic heterocycles. The lowest BCUT2D eigenvalue weighted by molar-refractivity contribution is 0.620. The van der Waals surface area contributed by atoms with Crippen molar-refractivity contribution >= 4 is 82.7 Å². The molecule has 0 saturated carbocycles. The molecule has 5 nitrogen and oxygen atoms in total. The maximum Gasteiger partial charge on any atom is 0.227 e. The van der Waals surface area contributed by atoms with Gasteiger partial charge in [-0.25, -0.2) is 4.98 Å². The molecule has 0 atom stereocenters. The van der Waals surface area contributed by atoms with Crippen molar-refractivity contribution in [3.05, 3.63) is 176 Å². The molecule has 0 aliphatic carbocycles. The molecule has 11 aromatic rings. The fourth-order valence-corrected chi connectivity index (χ4v) is 7.79. The van der Waals surface area contributed by atoms with Crippen molar-refractivity contribution in [3.8, 4) is 17.1 Å². The maximum atomic E-state index is 6.28. The summed E-state index contributed by atoms with van der Waals surface area (Å²) in [4.78, 5) is 7.33. The number of anilines is 3. The van der Waals surface area contributed by atoms with Gasteiger partial charge in [0.25, 0.3) is 0 Å². The third-order valence-corrected chi connectivity index (χ3v) is 10.2. The molecule has 0 spiro atoms. The van der Waals surface area contributed by atoms with Crippen molar-refractivity contribution in [2.75, 3.05) is 4.90 Å². The van der Waals surface area contributed by atoms with Crippen LogP contribution in [0.15, 0.2) is 185 Å². The summed E-state index contributed by atoms with van der Waals surface area (Å²) in [5.41, 5.74) is 10.9. The third-order valence-electron chi connectivity index (χ3n) is 10.2. The maximum absolute atomic E-state index is 6.28. The predicted octanol–water partition coefficient (Wildman–Crippen LogP) is 13.1. The average Bonchev–Trinajstić information content (AvgIpc) is 3.91. The van der Waals surface area contributed by atoms with Gasteiger partial charge in [0.1, 0.15) is 16.7 Å². The van der Waals surface area contributed by atoms with E-state index >= 15 is 0 Å². The summed E-state index contributed by atoms with van der Waals surface area (Å²) >= 11 is 0. The second kappa shape index (κ2) is 11.2. The fourth-order valence-electron chi connectivity index (χ4n) is 7.79. The van der Waals surface area contributed by atoms with Crippen molar-refractivity contribution < 1.29 is 8.83 Å². The zero-order chi connectivity index (χ0) is 34.2. The summed E-state index contributed by atoms with van der Waals surface area (Å²) in [5, 5.41) is 6.79. The van der Waals surface area contributed by atoms with E-state index in [1.807, 2.05) is 48.5 Å². The normalized spacial score (nSPS) is 11.8. The molecular weight excluding hydrogens is 639 g/mol. The number of benzene rings is 8. The van der Waals surface area contributed by atoms with Gasteiger partial charge in [0.05, 0.1) is 11.0 Å². The molecule has 244 valence electrons. The standard InChI is InChI=1S/C47H29N3O2/c1-2-10-31(11-3-1)47-48-46-39-28-34(20-18-30(39)19-26-45(46)52-47)49(35-25-27-44-40(29-35)38-14-6-9-17-43(38)51-44)32-21-23-33(24-22-32)50-41-15-7-4-12-36(41)37-13-5-8-16-42(37)50/h1-29H. The number of para-hydroxylation sites is 3. The van der Waals surface area contributed by atoms with Gasteiger partial charge < -0.3 is 18.3 Å². The monoisotopic (exact) mass is 667 g/mol. The number of furan rings is 1. The van der Waals surface area contributed by atoms with E-state index in [-0.39, 0.29) is 0 Å². The fraction of sp³-hybridized carbons (Fsp3) is 0. The van der Waals surface area contributed by atoms with Crippen LogP contribution >= 0.6 is 0 Å². The van der Waals surface area contributed by atoms with Crippen LogP contribution in [0.1, 0.15) is 0 Å². The molecule has 0 unspecified atom stereocenters. The zero-order valence-corrected chi connectivity index (χ0v) is 27.9. The smallest absolute Gasteiger partial charge is 0.227 e. The average molecular weight is 668 g/mol. The SMILES string of the molecule is c1ccc(-c2nc3c(ccc4ccc(N(c5ccc(-n6c7ccccc7c7ccccc76)cc5)c5ccc6oc7ccccc7c6c5)cc43)o2)cc1. The van der Waals surface area contributed by atoms with Crippen LogP contribution in [-0.4, -0.2) is 9.55 Å². The van der Waals surface area contributed by atoms with E-state index in [2.05, 4.69) is 137 Å². The Morgan fingerprint density at radius 2 is 1.00 bits per heavy atom. The van der Waals surface area contributed by atoms with Gasteiger partial charge in [-0.3, -0.25) is 0 Å². The van der Waals surface area contributed by atoms with Crippen molar-refractivity contribution in [3.63, 3.8) is 0 Å². The first-order chi connectivity index (χ1) is 25.8. The number of hydrogen-bond donors (Lipinski definition) is 0. The Kier molecular flexibility index (Phi) is 6.18. The first kappa shape index (κ1) is 28.7. The molecule has 0 N–H and O–H groups in total. The van der Waals surface area contributed by atoms with Gasteiger partial charge in [0.2, 0.25) is 5.89 Å². The Labute approximate surface area is 298 Å². The number of nitrogens with zero attached hydrogens (tertiary/aromatic N) is 3. The van der Waals surface area contributed by atoms with Crippen molar-refractivity contribution in [1.29, 1.82) is 0 Å². The molecule has 0 bridgehead atoms. The quantitative estimate of drug-likeness (QED) is 0.183. The minimum atomic E-state index is 0.614. The van der Waals surface area contributed by atoms with Gasteiger partial charge in [-0.15, -0.1) is 0 Å². The molecular formula is C47H29N3O2. The van der Waals surface area contributed by atoms with Crippen LogP contribution in [0.2, 0.25) is 0 Å². The third kappa shape index (κ3) is 4.39. The summed E-state index contributed by atoms with van der Waals surface area (Å²) in [6.45, 7) is 0. The molecule has 3 heterocycles. The zero-order valence-electron chi connectivity index (χ0n) is 27.9. The van der Waals surface area contributed by atoms with E-state index in [4.69, 9.17) is 13.8 Å². The highest BCUT2D eigenvalue weighted by atomic mass is 16.3. The van der Waals surface area contributed by atoms with Gasteiger partial charge in [-0.05, 0) is 96.4 Å². The van der Waals surface area contributed by atoms with Gasteiger partial charge >= 0.3 is 0 Å². The molecule has 5 heteroatoms. The van der Waals surface area contributed by atoms with Crippen LogP contribution in [0.5, 0.6) is 0 Å². The Bertz CT molecular complexity index is 3080. The number of hydrogen-bond acceptors (Lipinski definition) is 4. The molecule has 52 heavy (non-hydrogen) atoms. The summed E-state index contributed by atoms with van der Waals surface area (Å²) in [7, 11) is 0. The molecule has 0 amide bonds. The minimum absolute atomic E-state index is 0.614. The highest BCUT2D eigenvalue weighted by Gasteiger charge is 2.19. The van der Waals surface area contributed by atoms with E-state index in [0.717, 1.165) is 72.1 Å². The van der Waals surface area contributed by atoms with Crippen LogP contribution in [0.4, 0.5) is 17.1 Å². The lowest BCUT2D eigenvalue weighted by atomic mass is 10.1. The molecule has 0 fully saturated rings. The summed E-state index contributed by atoms with van der Waals surface area (Å²) in [6, 6.07) is 61.5. The predicted molar refractivity (Wildman–Crippen MR) is 213 cm³/mol. The van der Waals surface area contributed by atoms with Gasteiger partial charge in [-0.1, -0.05) is 84.9 Å². The molecule has 0 aliphatic rings. The summed E-state index contributed by atoms with van der Waals surface area (Å²) < 4.78 is 14.9. The Morgan fingerprint density at radius 1 is 0.423 bits per heavy atom. The first-order valence-corrected chi connectivity index (χ1v) is 17.5. The van der Waals surface area contributed by atoms with Gasteiger partial charge in [-0.2, -0.15) is 0 Å². The topological polar surface area (TPSA) is 47.3 Å². The van der Waals surface area contributed by atoms with Crippen molar-refractivity contribution in [2.24, 2.45) is 0 Å². The van der Waals surface area contributed by atoms with Crippen LogP contribution in [0.25, 0.3) is 82.8 Å². The van der Waals surface area contributed by atoms with Crippen LogP contribution in [0.3, 0.4) is 0 Å². The van der Waals surface area contributed by atoms with Crippen molar-refractivity contribution in [2.45, 2.75) is 0 Å². The highest BCUT2D eigenvalue weighted by molar-refractivity contribution is 6.10. The van der Waals surface area contributed by atoms with E-state index < -0.39 is 0 Å². The molecule has 3 aromatic heterocycles. The first-order valence-electron chi connectivity index (χ1n) is 17.5. The lowest BCUT2D eigenvalue weighted by Gasteiger charge is -2.26. The number of fused-ring (bicyclic) bond motifs is 9. The molecule has 0 saturated heterocycles. The largest absolute Gasteiger partial charge is 0.456 e. The highest BCUT2D eigenvalue weighted by Crippen LogP contribution is 2.41. The van der Waals surface area contributed by atoms with Crippen LogP contribution < -0.4 is 4.90 Å². The van der Waals surface area contributed by atoms with Gasteiger partial charge in [0, 0.05) is 55.2 Å². The van der Waals surface area contributed by atoms with Crippen molar-refractivity contribution in [1.82, 2.24) is 9.55 Å². The van der Waals surface area contributed by atoms with Crippen LogP contribution in [0, 0.1) is 0 Å². The number of rotatable bonds is 5. The second-order valence-electron chi connectivity index (χ2n) is 13.2. The van der Waals surface area contributed by atoms with Crippen LogP contribution in [-0.2, 0) is 0 Å². The van der Waals surface area contributed by atoms with E-state index in [9.17, 15) is 0 Å². The van der Waals surface area contributed by atoms with E-state index in [1.165, 1.54) is 21.8 Å². The second-order valence-corrected chi connectivity index (χ2v) is 13.2. The lowest BCUT2D eigenvalue weighted by Crippen LogP contribution is -2.10. The Morgan fingerprint density at radius 3 is 1.77 bits per heavy atom. The van der Waals surface area contributed by atoms with E-state index in [0.29, 0.717) is 5.89 Å². The Hall–Kier alpha value is -7.11. The Balaban J connectivity index is 1.11. The minimum Gasteiger partial charge on any atom is -0.456 e. The molecule has 0 radical (unpaired) electrons.